The monoisotopic (exact) mass is 185 g/mol. The molecule has 0 N–H and O–H groups in total. The number of halogens is 3. The van der Waals surface area contributed by atoms with Crippen molar-refractivity contribution in [3.63, 3.8) is 0 Å². The van der Waals surface area contributed by atoms with Crippen molar-refractivity contribution in [3.8, 4) is 0 Å². The number of hydrogen-bond acceptors (Lipinski definition) is 3. The first-order valence-electron chi connectivity index (χ1n) is 3.51. The van der Waals surface area contributed by atoms with Crippen molar-refractivity contribution < 1.29 is 22.7 Å². The van der Waals surface area contributed by atoms with Gasteiger partial charge in [0.25, 0.3) is 0 Å². The van der Waals surface area contributed by atoms with Gasteiger partial charge in [-0.1, -0.05) is 0 Å². The predicted octanol–water partition coefficient (Wildman–Crippen LogP) is 0.811. The van der Waals surface area contributed by atoms with E-state index in [2.05, 4.69) is 4.84 Å². The molecule has 0 aromatic rings. The Bertz CT molecular complexity index is 150. The number of hydroxylamine groups is 2. The summed E-state index contributed by atoms with van der Waals surface area (Å²) in [5, 5.41) is 0.892. The molecule has 12 heavy (non-hydrogen) atoms. The molecule has 1 atom stereocenters. The van der Waals surface area contributed by atoms with Gasteiger partial charge in [-0.2, -0.15) is 18.2 Å². The molecule has 1 aliphatic rings. The van der Waals surface area contributed by atoms with Gasteiger partial charge in [0.15, 0.2) is 6.04 Å². The lowest BCUT2D eigenvalue weighted by Crippen LogP contribution is -2.52. The fourth-order valence-electron chi connectivity index (χ4n) is 1.06. The van der Waals surface area contributed by atoms with E-state index in [0.717, 1.165) is 5.06 Å². The topological polar surface area (TPSA) is 21.7 Å². The number of alkyl halides is 3. The van der Waals surface area contributed by atoms with E-state index in [4.69, 9.17) is 4.74 Å². The minimum absolute atomic E-state index is 0.153. The van der Waals surface area contributed by atoms with Gasteiger partial charge in [-0.25, -0.2) is 0 Å². The number of ether oxygens (including phenoxy) is 1. The zero-order valence-corrected chi connectivity index (χ0v) is 6.60. The third-order valence-corrected chi connectivity index (χ3v) is 1.69. The maximum Gasteiger partial charge on any atom is 0.408 e. The van der Waals surface area contributed by atoms with Crippen LogP contribution in [0.1, 0.15) is 0 Å². The fraction of sp³-hybridized carbons (Fsp3) is 1.00. The molecule has 0 aromatic heterocycles. The highest BCUT2D eigenvalue weighted by molar-refractivity contribution is 4.76. The molecular weight excluding hydrogens is 175 g/mol. The number of morpholine rings is 1. The Morgan fingerprint density at radius 1 is 1.50 bits per heavy atom. The maximum atomic E-state index is 12.2. The molecule has 0 bridgehead atoms. The molecule has 0 aliphatic carbocycles. The molecule has 6 heteroatoms. The van der Waals surface area contributed by atoms with Crippen LogP contribution in [0.5, 0.6) is 0 Å². The van der Waals surface area contributed by atoms with Crippen LogP contribution in [0.2, 0.25) is 0 Å². The molecule has 1 saturated heterocycles. The third-order valence-electron chi connectivity index (χ3n) is 1.69. The summed E-state index contributed by atoms with van der Waals surface area (Å²) in [5.74, 6) is 0. The Morgan fingerprint density at radius 3 is 2.58 bits per heavy atom. The molecule has 0 amide bonds. The van der Waals surface area contributed by atoms with Crippen LogP contribution in [-0.4, -0.2) is 44.1 Å². The van der Waals surface area contributed by atoms with E-state index in [1.807, 2.05) is 0 Å². The number of nitrogens with zero attached hydrogens (tertiary/aromatic N) is 1. The van der Waals surface area contributed by atoms with Gasteiger partial charge in [0, 0.05) is 6.54 Å². The molecule has 1 rings (SSSR count). The van der Waals surface area contributed by atoms with Crippen LogP contribution in [-0.2, 0) is 9.57 Å². The first-order chi connectivity index (χ1) is 5.55. The van der Waals surface area contributed by atoms with Gasteiger partial charge in [0.1, 0.15) is 0 Å². The highest BCUT2D eigenvalue weighted by Gasteiger charge is 2.45. The van der Waals surface area contributed by atoms with Crippen LogP contribution >= 0.6 is 0 Å². The second-order valence-electron chi connectivity index (χ2n) is 2.46. The SMILES string of the molecule is CON1CCOC[C@@H]1C(F)(F)F. The number of hydrogen-bond donors (Lipinski definition) is 0. The lowest BCUT2D eigenvalue weighted by Gasteiger charge is -2.34. The van der Waals surface area contributed by atoms with Crippen molar-refractivity contribution >= 4 is 0 Å². The van der Waals surface area contributed by atoms with E-state index < -0.39 is 12.2 Å². The van der Waals surface area contributed by atoms with Crippen LogP contribution in [0.3, 0.4) is 0 Å². The van der Waals surface area contributed by atoms with Gasteiger partial charge in [-0.15, -0.1) is 0 Å². The third kappa shape index (κ3) is 2.09. The van der Waals surface area contributed by atoms with Gasteiger partial charge < -0.3 is 9.57 Å². The van der Waals surface area contributed by atoms with E-state index in [0.29, 0.717) is 0 Å². The number of rotatable bonds is 1. The fourth-order valence-corrected chi connectivity index (χ4v) is 1.06. The van der Waals surface area contributed by atoms with E-state index in [-0.39, 0.29) is 19.8 Å². The second kappa shape index (κ2) is 3.59. The molecule has 3 nitrogen and oxygen atoms in total. The summed E-state index contributed by atoms with van der Waals surface area (Å²) in [5.41, 5.74) is 0. The van der Waals surface area contributed by atoms with E-state index in [9.17, 15) is 13.2 Å². The van der Waals surface area contributed by atoms with E-state index in [1.54, 1.807) is 0 Å². The van der Waals surface area contributed by atoms with Crippen LogP contribution in [0.25, 0.3) is 0 Å². The lowest BCUT2D eigenvalue weighted by molar-refractivity contribution is -0.293. The Morgan fingerprint density at radius 2 is 2.17 bits per heavy atom. The Kier molecular flexibility index (Phi) is 2.92. The Balaban J connectivity index is 2.59. The summed E-state index contributed by atoms with van der Waals surface area (Å²) in [6, 6.07) is -1.63. The minimum Gasteiger partial charge on any atom is -0.378 e. The smallest absolute Gasteiger partial charge is 0.378 e. The van der Waals surface area contributed by atoms with Crippen molar-refractivity contribution in [2.75, 3.05) is 26.9 Å². The Labute approximate surface area is 68.0 Å². The van der Waals surface area contributed by atoms with Crippen molar-refractivity contribution in [3.05, 3.63) is 0 Å². The van der Waals surface area contributed by atoms with Crippen LogP contribution in [0.15, 0.2) is 0 Å². The summed E-state index contributed by atoms with van der Waals surface area (Å²) in [6.07, 6.45) is -4.28. The van der Waals surface area contributed by atoms with E-state index in [1.165, 1.54) is 7.11 Å². The molecular formula is C6H10F3NO2. The van der Waals surface area contributed by atoms with Crippen molar-refractivity contribution in [1.29, 1.82) is 0 Å². The van der Waals surface area contributed by atoms with E-state index >= 15 is 0 Å². The molecule has 0 unspecified atom stereocenters. The van der Waals surface area contributed by atoms with Gasteiger partial charge in [0.2, 0.25) is 0 Å². The van der Waals surface area contributed by atoms with Gasteiger partial charge in [-0.05, 0) is 0 Å². The molecule has 0 radical (unpaired) electrons. The van der Waals surface area contributed by atoms with Crippen molar-refractivity contribution in [1.82, 2.24) is 5.06 Å². The summed E-state index contributed by atoms with van der Waals surface area (Å²) < 4.78 is 41.2. The second-order valence-corrected chi connectivity index (χ2v) is 2.46. The highest BCUT2D eigenvalue weighted by atomic mass is 19.4. The predicted molar refractivity (Wildman–Crippen MR) is 34.4 cm³/mol. The average molecular weight is 185 g/mol. The quantitative estimate of drug-likeness (QED) is 0.603. The lowest BCUT2D eigenvalue weighted by atomic mass is 10.2. The van der Waals surface area contributed by atoms with Gasteiger partial charge >= 0.3 is 6.18 Å². The van der Waals surface area contributed by atoms with Gasteiger partial charge in [-0.3, -0.25) is 0 Å². The van der Waals surface area contributed by atoms with Gasteiger partial charge in [0.05, 0.1) is 20.3 Å². The van der Waals surface area contributed by atoms with Crippen LogP contribution in [0, 0.1) is 0 Å². The van der Waals surface area contributed by atoms with Crippen molar-refractivity contribution in [2.45, 2.75) is 12.2 Å². The molecule has 0 spiro atoms. The maximum absolute atomic E-state index is 12.2. The minimum atomic E-state index is -4.28. The van der Waals surface area contributed by atoms with Crippen molar-refractivity contribution in [2.24, 2.45) is 0 Å². The standard InChI is InChI=1S/C6H10F3NO2/c1-11-10-2-3-12-4-5(10)6(7,8)9/h5H,2-4H2,1H3/t5-/m1/s1. The average Bonchev–Trinajstić information content (AvgIpc) is 2.03. The molecule has 1 heterocycles. The van der Waals surface area contributed by atoms with Crippen LogP contribution < -0.4 is 0 Å². The largest absolute Gasteiger partial charge is 0.408 e. The summed E-state index contributed by atoms with van der Waals surface area (Å²) in [6.45, 7) is 0.0818. The zero-order valence-electron chi connectivity index (χ0n) is 6.60. The zero-order chi connectivity index (χ0) is 9.19. The first kappa shape index (κ1) is 9.76. The molecule has 72 valence electrons. The molecule has 1 aliphatic heterocycles. The molecule has 1 fully saturated rings. The highest BCUT2D eigenvalue weighted by Crippen LogP contribution is 2.26. The summed E-state index contributed by atoms with van der Waals surface area (Å²) in [7, 11) is 1.23. The Hall–Kier alpha value is -0.330. The first-order valence-corrected chi connectivity index (χ1v) is 3.51. The molecule has 0 aromatic carbocycles. The molecule has 0 saturated carbocycles. The summed E-state index contributed by atoms with van der Waals surface area (Å²) >= 11 is 0. The van der Waals surface area contributed by atoms with Crippen LogP contribution in [0.4, 0.5) is 13.2 Å². The summed E-state index contributed by atoms with van der Waals surface area (Å²) in [4.78, 5) is 4.56. The normalized spacial score (nSPS) is 27.5.